The molecule has 196 valence electrons. The highest BCUT2D eigenvalue weighted by atomic mass is 16.3. The van der Waals surface area contributed by atoms with Crippen LogP contribution in [-0.4, -0.2) is 5.11 Å². The molecule has 1 N–H and O–H groups in total. The Morgan fingerprint density at radius 1 is 0.486 bits per heavy atom. The Morgan fingerprint density at radius 2 is 0.943 bits per heavy atom. The van der Waals surface area contributed by atoms with Gasteiger partial charge in [0.2, 0.25) is 0 Å². The van der Waals surface area contributed by atoms with E-state index in [9.17, 15) is 5.11 Å². The van der Waals surface area contributed by atoms with E-state index in [-0.39, 0.29) is 0 Å². The molecular formula is C34H54O. The lowest BCUT2D eigenvalue weighted by Gasteiger charge is -2.17. The molecule has 0 aliphatic rings. The highest BCUT2D eigenvalue weighted by Gasteiger charge is 2.14. The van der Waals surface area contributed by atoms with Gasteiger partial charge in [0, 0.05) is 5.56 Å². The van der Waals surface area contributed by atoms with Crippen LogP contribution in [-0.2, 0) is 12.8 Å². The minimum atomic E-state index is 0.443. The van der Waals surface area contributed by atoms with Gasteiger partial charge in [-0.1, -0.05) is 153 Å². The second-order valence-electron chi connectivity index (χ2n) is 10.6. The van der Waals surface area contributed by atoms with Gasteiger partial charge in [0.1, 0.15) is 5.75 Å². The lowest BCUT2D eigenvalue weighted by molar-refractivity contribution is 0.476. The number of unbranched alkanes of at least 4 members (excludes halogenated alkanes) is 16. The molecule has 0 heterocycles. The van der Waals surface area contributed by atoms with Gasteiger partial charge in [-0.25, -0.2) is 0 Å². The van der Waals surface area contributed by atoms with Crippen LogP contribution in [0.25, 0.3) is 11.1 Å². The van der Waals surface area contributed by atoms with Gasteiger partial charge in [0.25, 0.3) is 0 Å². The first-order chi connectivity index (χ1) is 17.3. The number of benzene rings is 2. The van der Waals surface area contributed by atoms with Crippen LogP contribution in [0.15, 0.2) is 42.5 Å². The van der Waals surface area contributed by atoms with Gasteiger partial charge < -0.3 is 5.11 Å². The topological polar surface area (TPSA) is 20.2 Å². The van der Waals surface area contributed by atoms with E-state index in [4.69, 9.17) is 0 Å². The van der Waals surface area contributed by atoms with E-state index in [2.05, 4.69) is 50.2 Å². The summed E-state index contributed by atoms with van der Waals surface area (Å²) in [4.78, 5) is 0. The quantitative estimate of drug-likeness (QED) is 0.177. The van der Waals surface area contributed by atoms with Crippen LogP contribution in [0.3, 0.4) is 0 Å². The second kappa shape index (κ2) is 19.4. The lowest BCUT2D eigenvalue weighted by Crippen LogP contribution is -2.00. The molecule has 0 bridgehead atoms. The summed E-state index contributed by atoms with van der Waals surface area (Å²) < 4.78 is 0. The molecule has 35 heavy (non-hydrogen) atoms. The van der Waals surface area contributed by atoms with Gasteiger partial charge in [-0.3, -0.25) is 0 Å². The molecule has 0 radical (unpaired) electrons. The standard InChI is InChI=1S/C34H54O/c1-3-5-7-9-11-13-14-16-18-23-27-32-30(24-20-17-15-12-10-8-6-4-2)28-29-33(35)34(32)31-25-21-19-22-26-31/h19,21-22,25-26,28-29,35H,3-18,20,23-24,27H2,1-2H3. The maximum Gasteiger partial charge on any atom is 0.123 e. The van der Waals surface area contributed by atoms with Gasteiger partial charge in [0.15, 0.2) is 0 Å². The van der Waals surface area contributed by atoms with E-state index in [1.807, 2.05) is 6.07 Å². The molecule has 0 atom stereocenters. The third-order valence-electron chi connectivity index (χ3n) is 7.53. The van der Waals surface area contributed by atoms with Crippen LogP contribution in [0.1, 0.15) is 141 Å². The van der Waals surface area contributed by atoms with E-state index in [0.717, 1.165) is 24.0 Å². The zero-order chi connectivity index (χ0) is 25.0. The van der Waals surface area contributed by atoms with Gasteiger partial charge in [0.05, 0.1) is 0 Å². The average Bonchev–Trinajstić information content (AvgIpc) is 2.88. The first kappa shape index (κ1) is 29.5. The molecule has 2 aromatic rings. The molecule has 0 amide bonds. The van der Waals surface area contributed by atoms with E-state index in [1.165, 1.54) is 127 Å². The number of phenolic OH excluding ortho intramolecular Hbond substituents is 1. The van der Waals surface area contributed by atoms with E-state index in [1.54, 1.807) is 0 Å². The zero-order valence-electron chi connectivity index (χ0n) is 23.1. The molecule has 0 aromatic heterocycles. The Kier molecular flexibility index (Phi) is 16.4. The zero-order valence-corrected chi connectivity index (χ0v) is 23.1. The third kappa shape index (κ3) is 12.2. The van der Waals surface area contributed by atoms with Crippen molar-refractivity contribution in [2.24, 2.45) is 0 Å². The SMILES string of the molecule is CCCCCCCCCCCCc1c(CCCCCCCCCC)ccc(O)c1-c1ccccc1. The summed E-state index contributed by atoms with van der Waals surface area (Å²) in [6, 6.07) is 14.7. The molecule has 0 aliphatic carbocycles. The first-order valence-electron chi connectivity index (χ1n) is 15.2. The molecule has 0 saturated heterocycles. The minimum Gasteiger partial charge on any atom is -0.507 e. The molecule has 2 aromatic carbocycles. The number of hydrogen-bond donors (Lipinski definition) is 1. The average molecular weight is 479 g/mol. The Morgan fingerprint density at radius 3 is 1.46 bits per heavy atom. The first-order valence-corrected chi connectivity index (χ1v) is 15.2. The molecular weight excluding hydrogens is 424 g/mol. The maximum absolute atomic E-state index is 10.8. The summed E-state index contributed by atoms with van der Waals surface area (Å²) in [5.41, 5.74) is 5.10. The third-order valence-corrected chi connectivity index (χ3v) is 7.53. The van der Waals surface area contributed by atoms with Crippen LogP contribution in [0.4, 0.5) is 0 Å². The second-order valence-corrected chi connectivity index (χ2v) is 10.6. The lowest BCUT2D eigenvalue weighted by atomic mass is 9.88. The minimum absolute atomic E-state index is 0.443. The van der Waals surface area contributed by atoms with Gasteiger partial charge in [-0.05, 0) is 48.4 Å². The highest BCUT2D eigenvalue weighted by molar-refractivity contribution is 5.75. The van der Waals surface area contributed by atoms with E-state index < -0.39 is 0 Å². The van der Waals surface area contributed by atoms with Crippen LogP contribution in [0.2, 0.25) is 0 Å². The summed E-state index contributed by atoms with van der Waals surface area (Å²) in [6.07, 6.45) is 26.7. The predicted octanol–water partition coefficient (Wildman–Crippen LogP) is 11.2. The van der Waals surface area contributed by atoms with Crippen molar-refractivity contribution in [3.63, 3.8) is 0 Å². The number of hydrogen-bond acceptors (Lipinski definition) is 1. The summed E-state index contributed by atoms with van der Waals surface area (Å²) >= 11 is 0. The Labute approximate surface area is 217 Å². The van der Waals surface area contributed by atoms with Crippen molar-refractivity contribution in [3.8, 4) is 16.9 Å². The molecule has 0 fully saturated rings. The Balaban J connectivity index is 1.88. The number of aryl methyl sites for hydroxylation is 1. The molecule has 1 heteroatoms. The monoisotopic (exact) mass is 478 g/mol. The highest BCUT2D eigenvalue weighted by Crippen LogP contribution is 2.36. The van der Waals surface area contributed by atoms with Gasteiger partial charge in [-0.2, -0.15) is 0 Å². The largest absolute Gasteiger partial charge is 0.507 e. The van der Waals surface area contributed by atoms with Crippen molar-refractivity contribution in [1.29, 1.82) is 0 Å². The predicted molar refractivity (Wildman–Crippen MR) is 155 cm³/mol. The number of aromatic hydroxyl groups is 1. The van der Waals surface area contributed by atoms with Crippen LogP contribution >= 0.6 is 0 Å². The van der Waals surface area contributed by atoms with Crippen LogP contribution in [0.5, 0.6) is 5.75 Å². The van der Waals surface area contributed by atoms with E-state index in [0.29, 0.717) is 5.75 Å². The molecule has 0 unspecified atom stereocenters. The van der Waals surface area contributed by atoms with Crippen molar-refractivity contribution < 1.29 is 5.11 Å². The van der Waals surface area contributed by atoms with Crippen molar-refractivity contribution in [1.82, 2.24) is 0 Å². The number of rotatable bonds is 21. The maximum atomic E-state index is 10.8. The van der Waals surface area contributed by atoms with Crippen molar-refractivity contribution in [3.05, 3.63) is 53.6 Å². The summed E-state index contributed by atoms with van der Waals surface area (Å²) in [5, 5.41) is 10.8. The van der Waals surface area contributed by atoms with E-state index >= 15 is 0 Å². The summed E-state index contributed by atoms with van der Waals surface area (Å²) in [7, 11) is 0. The smallest absolute Gasteiger partial charge is 0.123 e. The molecule has 1 nitrogen and oxygen atoms in total. The molecule has 0 spiro atoms. The Bertz CT molecular complexity index is 764. The molecule has 2 rings (SSSR count). The van der Waals surface area contributed by atoms with Crippen LogP contribution in [0, 0.1) is 0 Å². The Hall–Kier alpha value is -1.76. The number of phenols is 1. The molecule has 0 aliphatic heterocycles. The summed E-state index contributed by atoms with van der Waals surface area (Å²) in [6.45, 7) is 4.57. The van der Waals surface area contributed by atoms with Crippen molar-refractivity contribution in [2.75, 3.05) is 0 Å². The van der Waals surface area contributed by atoms with Crippen molar-refractivity contribution >= 4 is 0 Å². The van der Waals surface area contributed by atoms with Gasteiger partial charge in [-0.15, -0.1) is 0 Å². The van der Waals surface area contributed by atoms with Gasteiger partial charge >= 0.3 is 0 Å². The fraction of sp³-hybridized carbons (Fsp3) is 0.647. The molecule has 0 saturated carbocycles. The summed E-state index contributed by atoms with van der Waals surface area (Å²) in [5.74, 6) is 0.443. The fourth-order valence-corrected chi connectivity index (χ4v) is 5.36. The van der Waals surface area contributed by atoms with Crippen LogP contribution < -0.4 is 0 Å². The van der Waals surface area contributed by atoms with Crippen molar-refractivity contribution in [2.45, 2.75) is 142 Å². The normalized spacial score (nSPS) is 11.3. The fourth-order valence-electron chi connectivity index (χ4n) is 5.36.